The van der Waals surface area contributed by atoms with E-state index in [-0.39, 0.29) is 6.03 Å². The average molecular weight is 278 g/mol. The minimum absolute atomic E-state index is 0.276. The summed E-state index contributed by atoms with van der Waals surface area (Å²) in [6, 6.07) is -0.276. The van der Waals surface area contributed by atoms with Gasteiger partial charge in [0.25, 0.3) is 0 Å². The van der Waals surface area contributed by atoms with E-state index >= 15 is 0 Å². The summed E-state index contributed by atoms with van der Waals surface area (Å²) in [5, 5.41) is 10.0. The van der Waals surface area contributed by atoms with Gasteiger partial charge in [-0.2, -0.15) is 9.47 Å². The summed E-state index contributed by atoms with van der Waals surface area (Å²) in [6.45, 7) is 0.438. The Morgan fingerprint density at radius 2 is 2.42 bits per heavy atom. The van der Waals surface area contributed by atoms with Crippen LogP contribution in [0.4, 0.5) is 9.93 Å². The van der Waals surface area contributed by atoms with Crippen LogP contribution in [0.2, 0.25) is 0 Å². The summed E-state index contributed by atoms with van der Waals surface area (Å²) in [6.07, 6.45) is 5.89. The highest BCUT2D eigenvalue weighted by Crippen LogP contribution is 2.39. The van der Waals surface area contributed by atoms with Crippen molar-refractivity contribution in [2.24, 2.45) is 7.05 Å². The van der Waals surface area contributed by atoms with Crippen LogP contribution in [0, 0.1) is 0 Å². The summed E-state index contributed by atoms with van der Waals surface area (Å²) in [7, 11) is 1.84. The predicted octanol–water partition coefficient (Wildman–Crippen LogP) is 1.47. The van der Waals surface area contributed by atoms with Crippen molar-refractivity contribution in [3.05, 3.63) is 23.8 Å². The molecular formula is C11H14N6OS. The summed E-state index contributed by atoms with van der Waals surface area (Å²) in [5.74, 6) is 1.36. The maximum absolute atomic E-state index is 11.7. The van der Waals surface area contributed by atoms with E-state index in [1.54, 1.807) is 10.9 Å². The minimum Gasteiger partial charge on any atom is -0.334 e. The molecular weight excluding hydrogens is 264 g/mol. The standard InChI is InChI=1S/C11H14N6OS/c1-17-6-7(5-13-17)4-12-10(18)15-11-14-9(16-19-11)8-2-3-8/h5-6,8H,2-4H2,1H3,(H2,12,14,15,16,18). The van der Waals surface area contributed by atoms with Gasteiger partial charge in [-0.15, -0.1) is 0 Å². The van der Waals surface area contributed by atoms with Gasteiger partial charge in [-0.25, -0.2) is 9.78 Å². The first-order valence-electron chi connectivity index (χ1n) is 6.06. The number of nitrogens with zero attached hydrogens (tertiary/aromatic N) is 4. The zero-order valence-electron chi connectivity index (χ0n) is 10.5. The molecule has 0 aliphatic heterocycles. The molecule has 2 heterocycles. The maximum atomic E-state index is 11.7. The SMILES string of the molecule is Cn1cc(CNC(=O)Nc2nc(C3CC3)ns2)cn1. The summed E-state index contributed by atoms with van der Waals surface area (Å²) < 4.78 is 5.92. The van der Waals surface area contributed by atoms with Crippen molar-refractivity contribution < 1.29 is 4.79 Å². The van der Waals surface area contributed by atoms with Gasteiger partial charge in [0.1, 0.15) is 5.82 Å². The van der Waals surface area contributed by atoms with Crippen LogP contribution in [0.1, 0.15) is 30.1 Å². The molecule has 2 N–H and O–H groups in total. The lowest BCUT2D eigenvalue weighted by Crippen LogP contribution is -2.28. The van der Waals surface area contributed by atoms with Crippen molar-refractivity contribution in [1.82, 2.24) is 24.5 Å². The van der Waals surface area contributed by atoms with Crippen LogP contribution in [-0.4, -0.2) is 25.2 Å². The van der Waals surface area contributed by atoms with E-state index in [1.807, 2.05) is 13.2 Å². The van der Waals surface area contributed by atoms with Gasteiger partial charge in [-0.3, -0.25) is 10.00 Å². The molecule has 1 aliphatic carbocycles. The van der Waals surface area contributed by atoms with Gasteiger partial charge in [-0.1, -0.05) is 0 Å². The number of carbonyl (C=O) groups excluding carboxylic acids is 1. The topological polar surface area (TPSA) is 84.7 Å². The van der Waals surface area contributed by atoms with E-state index in [0.717, 1.165) is 24.2 Å². The molecule has 3 rings (SSSR count). The van der Waals surface area contributed by atoms with Crippen LogP contribution in [0.25, 0.3) is 0 Å². The van der Waals surface area contributed by atoms with Crippen LogP contribution < -0.4 is 10.6 Å². The number of aromatic nitrogens is 4. The number of hydrogen-bond acceptors (Lipinski definition) is 5. The molecule has 8 heteroatoms. The van der Waals surface area contributed by atoms with Gasteiger partial charge >= 0.3 is 6.03 Å². The molecule has 0 saturated heterocycles. The number of anilines is 1. The van der Waals surface area contributed by atoms with E-state index in [2.05, 4.69) is 25.1 Å². The lowest BCUT2D eigenvalue weighted by atomic mass is 10.4. The number of nitrogens with one attached hydrogen (secondary N) is 2. The third kappa shape index (κ3) is 3.08. The number of hydrogen-bond donors (Lipinski definition) is 2. The molecule has 0 bridgehead atoms. The summed E-state index contributed by atoms with van der Waals surface area (Å²) in [5.41, 5.74) is 0.952. The van der Waals surface area contributed by atoms with Gasteiger partial charge < -0.3 is 5.32 Å². The zero-order valence-corrected chi connectivity index (χ0v) is 11.3. The van der Waals surface area contributed by atoms with Crippen LogP contribution in [0.5, 0.6) is 0 Å². The molecule has 2 aromatic heterocycles. The Morgan fingerprint density at radius 3 is 3.11 bits per heavy atom. The molecule has 0 unspecified atom stereocenters. The molecule has 0 aromatic carbocycles. The number of amides is 2. The van der Waals surface area contributed by atoms with E-state index in [9.17, 15) is 4.79 Å². The Kier molecular flexibility index (Phi) is 3.16. The highest BCUT2D eigenvalue weighted by molar-refractivity contribution is 7.09. The van der Waals surface area contributed by atoms with E-state index < -0.39 is 0 Å². The second kappa shape index (κ2) is 4.96. The fourth-order valence-corrected chi connectivity index (χ4v) is 2.32. The highest BCUT2D eigenvalue weighted by Gasteiger charge is 2.27. The highest BCUT2D eigenvalue weighted by atomic mass is 32.1. The Balaban J connectivity index is 1.49. The first-order chi connectivity index (χ1) is 9.20. The Labute approximate surface area is 114 Å². The smallest absolute Gasteiger partial charge is 0.321 e. The van der Waals surface area contributed by atoms with E-state index in [1.165, 1.54) is 11.5 Å². The maximum Gasteiger partial charge on any atom is 0.321 e. The lowest BCUT2D eigenvalue weighted by Gasteiger charge is -2.02. The molecule has 7 nitrogen and oxygen atoms in total. The molecule has 0 radical (unpaired) electrons. The van der Waals surface area contributed by atoms with Gasteiger partial charge in [-0.05, 0) is 12.8 Å². The first-order valence-corrected chi connectivity index (χ1v) is 6.84. The molecule has 100 valence electrons. The van der Waals surface area contributed by atoms with Crippen LogP contribution in [-0.2, 0) is 13.6 Å². The summed E-state index contributed by atoms with van der Waals surface area (Å²) in [4.78, 5) is 16.0. The third-order valence-electron chi connectivity index (χ3n) is 2.82. The molecule has 1 fully saturated rings. The summed E-state index contributed by atoms with van der Waals surface area (Å²) >= 11 is 1.22. The first kappa shape index (κ1) is 12.1. The van der Waals surface area contributed by atoms with Crippen LogP contribution in [0.15, 0.2) is 12.4 Å². The van der Waals surface area contributed by atoms with Crippen molar-refractivity contribution in [3.8, 4) is 0 Å². The van der Waals surface area contributed by atoms with E-state index in [0.29, 0.717) is 17.6 Å². The van der Waals surface area contributed by atoms with Gasteiger partial charge in [0.15, 0.2) is 0 Å². The number of urea groups is 1. The van der Waals surface area contributed by atoms with Crippen molar-refractivity contribution >= 4 is 22.7 Å². The fraction of sp³-hybridized carbons (Fsp3) is 0.455. The van der Waals surface area contributed by atoms with Gasteiger partial charge in [0.2, 0.25) is 5.13 Å². The molecule has 1 aliphatic rings. The number of aryl methyl sites for hydroxylation is 1. The number of rotatable bonds is 4. The zero-order chi connectivity index (χ0) is 13.2. The van der Waals surface area contributed by atoms with Crippen molar-refractivity contribution in [1.29, 1.82) is 0 Å². The van der Waals surface area contributed by atoms with Crippen molar-refractivity contribution in [2.75, 3.05) is 5.32 Å². The predicted molar refractivity (Wildman–Crippen MR) is 71.0 cm³/mol. The second-order valence-electron chi connectivity index (χ2n) is 4.56. The molecule has 0 atom stereocenters. The minimum atomic E-state index is -0.276. The molecule has 0 spiro atoms. The molecule has 2 amide bonds. The van der Waals surface area contributed by atoms with Crippen molar-refractivity contribution in [3.63, 3.8) is 0 Å². The monoisotopic (exact) mass is 278 g/mol. The second-order valence-corrected chi connectivity index (χ2v) is 5.31. The van der Waals surface area contributed by atoms with E-state index in [4.69, 9.17) is 0 Å². The Morgan fingerprint density at radius 1 is 1.58 bits per heavy atom. The normalized spacial score (nSPS) is 14.4. The largest absolute Gasteiger partial charge is 0.334 e. The van der Waals surface area contributed by atoms with Gasteiger partial charge in [0, 0.05) is 42.8 Å². The quantitative estimate of drug-likeness (QED) is 0.887. The Hall–Kier alpha value is -1.96. The fourth-order valence-electron chi connectivity index (χ4n) is 1.68. The number of carbonyl (C=O) groups is 1. The molecule has 2 aromatic rings. The van der Waals surface area contributed by atoms with Crippen LogP contribution >= 0.6 is 11.5 Å². The third-order valence-corrected chi connectivity index (χ3v) is 3.46. The van der Waals surface area contributed by atoms with Gasteiger partial charge in [0.05, 0.1) is 6.20 Å². The molecule has 19 heavy (non-hydrogen) atoms. The van der Waals surface area contributed by atoms with Crippen LogP contribution in [0.3, 0.4) is 0 Å². The molecule has 1 saturated carbocycles. The van der Waals surface area contributed by atoms with Crippen molar-refractivity contribution in [2.45, 2.75) is 25.3 Å². The lowest BCUT2D eigenvalue weighted by molar-refractivity contribution is 0.251. The Bertz CT molecular complexity index is 588. The average Bonchev–Trinajstić information content (AvgIpc) is 3.00.